The number of ether oxygens (including phenoxy) is 2. The fourth-order valence-corrected chi connectivity index (χ4v) is 4.39. The van der Waals surface area contributed by atoms with Crippen molar-refractivity contribution in [2.75, 3.05) is 11.9 Å². The van der Waals surface area contributed by atoms with Gasteiger partial charge < -0.3 is 14.8 Å². The third-order valence-electron chi connectivity index (χ3n) is 6.21. The molecular formula is C25H32N4O5. The summed E-state index contributed by atoms with van der Waals surface area (Å²) in [5.41, 5.74) is 0.740. The van der Waals surface area contributed by atoms with E-state index in [1.165, 1.54) is 0 Å². The van der Waals surface area contributed by atoms with Crippen LogP contribution in [0.25, 0.3) is 0 Å². The summed E-state index contributed by atoms with van der Waals surface area (Å²) in [6, 6.07) is 9.89. The Morgan fingerprint density at radius 3 is 2.44 bits per heavy atom. The first kappa shape index (κ1) is 23.8. The van der Waals surface area contributed by atoms with E-state index in [9.17, 15) is 14.4 Å². The lowest BCUT2D eigenvalue weighted by Crippen LogP contribution is -2.44. The van der Waals surface area contributed by atoms with Crippen molar-refractivity contribution in [3.63, 3.8) is 0 Å². The van der Waals surface area contributed by atoms with Crippen LogP contribution in [0.5, 0.6) is 0 Å². The Morgan fingerprint density at radius 2 is 1.82 bits per heavy atom. The number of carbonyl (C=O) groups is 3. The Morgan fingerprint density at radius 1 is 1.15 bits per heavy atom. The number of anilines is 1. The monoisotopic (exact) mass is 468 g/mol. The molecule has 2 heterocycles. The molecular weight excluding hydrogens is 436 g/mol. The number of aromatic nitrogens is 2. The smallest absolute Gasteiger partial charge is 0.436 e. The Kier molecular flexibility index (Phi) is 5.91. The van der Waals surface area contributed by atoms with E-state index in [0.717, 1.165) is 16.7 Å². The van der Waals surface area contributed by atoms with Crippen LogP contribution < -0.4 is 5.32 Å². The number of amides is 2. The van der Waals surface area contributed by atoms with Crippen LogP contribution in [0.15, 0.2) is 30.3 Å². The average Bonchev–Trinajstić information content (AvgIpc) is 3.40. The summed E-state index contributed by atoms with van der Waals surface area (Å²) < 4.78 is 11.8. The lowest BCUT2D eigenvalue weighted by molar-refractivity contribution is -0.117. The van der Waals surface area contributed by atoms with Gasteiger partial charge in [0.2, 0.25) is 5.91 Å². The number of nitrogens with zero attached hydrogens (tertiary/aromatic N) is 3. The molecule has 0 saturated heterocycles. The second kappa shape index (κ2) is 8.45. The van der Waals surface area contributed by atoms with Crippen molar-refractivity contribution in [1.82, 2.24) is 14.7 Å². The third kappa shape index (κ3) is 4.38. The minimum Gasteiger partial charge on any atom is -0.448 e. The quantitative estimate of drug-likeness (QED) is 0.703. The van der Waals surface area contributed by atoms with Gasteiger partial charge in [0, 0.05) is 11.5 Å². The highest BCUT2D eigenvalue weighted by atomic mass is 16.6. The van der Waals surface area contributed by atoms with E-state index >= 15 is 0 Å². The van der Waals surface area contributed by atoms with Crippen molar-refractivity contribution in [1.29, 1.82) is 0 Å². The molecule has 182 valence electrons. The van der Waals surface area contributed by atoms with Crippen LogP contribution in [0, 0.1) is 5.92 Å². The Labute approximate surface area is 199 Å². The molecule has 1 fully saturated rings. The fraction of sp³-hybridized carbons (Fsp3) is 0.520. The van der Waals surface area contributed by atoms with Gasteiger partial charge in [-0.05, 0) is 59.4 Å². The topological polar surface area (TPSA) is 103 Å². The molecule has 1 aliphatic carbocycles. The lowest BCUT2D eigenvalue weighted by atomic mass is 10.0. The highest BCUT2D eigenvalue weighted by Crippen LogP contribution is 2.48. The van der Waals surface area contributed by atoms with E-state index < -0.39 is 23.3 Å². The fourth-order valence-electron chi connectivity index (χ4n) is 4.39. The van der Waals surface area contributed by atoms with Crippen molar-refractivity contribution in [2.24, 2.45) is 5.92 Å². The molecule has 1 saturated carbocycles. The number of benzene rings is 1. The highest BCUT2D eigenvalue weighted by Gasteiger charge is 2.49. The van der Waals surface area contributed by atoms with Gasteiger partial charge >= 0.3 is 12.2 Å². The number of nitrogens with one attached hydrogen (secondary N) is 1. The van der Waals surface area contributed by atoms with Crippen LogP contribution in [0.1, 0.15) is 70.7 Å². The highest BCUT2D eigenvalue weighted by molar-refractivity contribution is 5.97. The van der Waals surface area contributed by atoms with Gasteiger partial charge in [0.15, 0.2) is 0 Å². The van der Waals surface area contributed by atoms with Gasteiger partial charge in [0.05, 0.1) is 24.4 Å². The molecule has 2 atom stereocenters. The Balaban J connectivity index is 1.62. The van der Waals surface area contributed by atoms with E-state index in [4.69, 9.17) is 9.47 Å². The van der Waals surface area contributed by atoms with Crippen LogP contribution in [0.2, 0.25) is 0 Å². The molecule has 0 radical (unpaired) electrons. The first-order chi connectivity index (χ1) is 15.9. The normalized spacial score (nSPS) is 20.5. The van der Waals surface area contributed by atoms with E-state index in [1.807, 2.05) is 44.2 Å². The van der Waals surface area contributed by atoms with Crippen molar-refractivity contribution in [3.8, 4) is 0 Å². The van der Waals surface area contributed by atoms with E-state index in [0.29, 0.717) is 11.3 Å². The van der Waals surface area contributed by atoms with Gasteiger partial charge in [-0.3, -0.25) is 9.69 Å². The molecule has 34 heavy (non-hydrogen) atoms. The SMILES string of the molecule is CCOC(=O)n1nc2c(c1NC(=O)[C@@H]1C[C@H]1c1ccccc1)CN(C(=O)OC(C)(C)C)C2(C)C. The second-order valence-electron chi connectivity index (χ2n) is 10.3. The van der Waals surface area contributed by atoms with E-state index in [-0.39, 0.29) is 36.7 Å². The minimum atomic E-state index is -0.846. The van der Waals surface area contributed by atoms with Crippen LogP contribution in [0.4, 0.5) is 15.4 Å². The molecule has 1 aromatic carbocycles. The van der Waals surface area contributed by atoms with Crippen LogP contribution >= 0.6 is 0 Å². The summed E-state index contributed by atoms with van der Waals surface area (Å²) in [5, 5.41) is 7.40. The number of hydrogen-bond donors (Lipinski definition) is 1. The average molecular weight is 469 g/mol. The first-order valence-electron chi connectivity index (χ1n) is 11.6. The summed E-state index contributed by atoms with van der Waals surface area (Å²) in [5.74, 6) is 0.00908. The summed E-state index contributed by atoms with van der Waals surface area (Å²) in [4.78, 5) is 40.3. The molecule has 0 bridgehead atoms. The molecule has 2 aliphatic rings. The van der Waals surface area contributed by atoms with E-state index in [2.05, 4.69) is 10.4 Å². The standard InChI is InChI=1S/C25H32N4O5/c1-7-33-23(32)29-20(26-21(30)17-13-16(17)15-11-9-8-10-12-15)18-14-28(22(31)34-24(2,3)4)25(5,6)19(18)27-29/h8-12,16-17H,7,13-14H2,1-6H3,(H,26,30)/t16-,17+/m0/s1. The summed E-state index contributed by atoms with van der Waals surface area (Å²) in [6.45, 7) is 11.1. The molecule has 2 aromatic rings. The van der Waals surface area contributed by atoms with Crippen molar-refractivity contribution >= 4 is 23.9 Å². The zero-order chi connectivity index (χ0) is 24.8. The summed E-state index contributed by atoms with van der Waals surface area (Å²) in [6.07, 6.45) is -0.426. The maximum absolute atomic E-state index is 13.1. The predicted octanol–water partition coefficient (Wildman–Crippen LogP) is 4.62. The van der Waals surface area contributed by atoms with Crippen molar-refractivity contribution in [3.05, 3.63) is 47.2 Å². The zero-order valence-corrected chi connectivity index (χ0v) is 20.5. The van der Waals surface area contributed by atoms with Crippen molar-refractivity contribution < 1.29 is 23.9 Å². The number of fused-ring (bicyclic) bond motifs is 1. The third-order valence-corrected chi connectivity index (χ3v) is 6.21. The number of rotatable bonds is 4. The van der Waals surface area contributed by atoms with Crippen molar-refractivity contribution in [2.45, 2.75) is 71.6 Å². The Bertz CT molecular complexity index is 1120. The van der Waals surface area contributed by atoms with Gasteiger partial charge in [0.1, 0.15) is 11.4 Å². The molecule has 4 rings (SSSR count). The van der Waals surface area contributed by atoms with Crippen LogP contribution in [-0.4, -0.2) is 45.0 Å². The molecule has 1 N–H and O–H groups in total. The zero-order valence-electron chi connectivity index (χ0n) is 20.5. The molecule has 1 aliphatic heterocycles. The first-order valence-corrected chi connectivity index (χ1v) is 11.6. The van der Waals surface area contributed by atoms with Crippen LogP contribution in [-0.2, 0) is 26.4 Å². The van der Waals surface area contributed by atoms with Crippen LogP contribution in [0.3, 0.4) is 0 Å². The second-order valence-corrected chi connectivity index (χ2v) is 10.3. The summed E-state index contributed by atoms with van der Waals surface area (Å²) >= 11 is 0. The maximum atomic E-state index is 13.1. The summed E-state index contributed by atoms with van der Waals surface area (Å²) in [7, 11) is 0. The van der Waals surface area contributed by atoms with Gasteiger partial charge in [-0.1, -0.05) is 30.3 Å². The van der Waals surface area contributed by atoms with Gasteiger partial charge in [-0.15, -0.1) is 4.68 Å². The number of hydrogen-bond acceptors (Lipinski definition) is 6. The molecule has 9 heteroatoms. The van der Waals surface area contributed by atoms with Gasteiger partial charge in [-0.2, -0.15) is 5.10 Å². The lowest BCUT2D eigenvalue weighted by Gasteiger charge is -2.33. The molecule has 1 aromatic heterocycles. The van der Waals surface area contributed by atoms with Gasteiger partial charge in [-0.25, -0.2) is 9.59 Å². The predicted molar refractivity (Wildman–Crippen MR) is 125 cm³/mol. The molecule has 0 spiro atoms. The minimum absolute atomic E-state index is 0.142. The molecule has 0 unspecified atom stereocenters. The van der Waals surface area contributed by atoms with E-state index in [1.54, 1.807) is 32.6 Å². The number of carbonyl (C=O) groups excluding carboxylic acids is 3. The van der Waals surface area contributed by atoms with Gasteiger partial charge in [0.25, 0.3) is 0 Å². The molecule has 2 amide bonds. The Hall–Kier alpha value is -3.36. The maximum Gasteiger partial charge on any atom is 0.436 e. The molecule has 9 nitrogen and oxygen atoms in total. The largest absolute Gasteiger partial charge is 0.448 e.